The van der Waals surface area contributed by atoms with Crippen LogP contribution in [-0.4, -0.2) is 77.7 Å². The molecule has 11 heteroatoms. The number of amides is 4. The van der Waals surface area contributed by atoms with Crippen molar-refractivity contribution in [1.82, 2.24) is 14.8 Å². The van der Waals surface area contributed by atoms with E-state index in [2.05, 4.69) is 9.88 Å². The minimum Gasteiger partial charge on any atom is -0.459 e. The second-order valence-electron chi connectivity index (χ2n) is 10.9. The van der Waals surface area contributed by atoms with Crippen molar-refractivity contribution < 1.29 is 23.6 Å². The van der Waals surface area contributed by atoms with Crippen LogP contribution in [0.2, 0.25) is 0 Å². The van der Waals surface area contributed by atoms with Gasteiger partial charge in [0.15, 0.2) is 5.76 Å². The molecule has 0 bridgehead atoms. The molecule has 0 radical (unpaired) electrons. The summed E-state index contributed by atoms with van der Waals surface area (Å²) >= 11 is 1.52. The molecule has 2 aromatic carbocycles. The number of aromatic nitrogens is 1. The van der Waals surface area contributed by atoms with Gasteiger partial charge >= 0.3 is 0 Å². The maximum absolute atomic E-state index is 13.8. The summed E-state index contributed by atoms with van der Waals surface area (Å²) in [6.07, 6.45) is 3.03. The molecule has 10 nitrogen and oxygen atoms in total. The van der Waals surface area contributed by atoms with Crippen LogP contribution in [0.25, 0.3) is 10.2 Å². The highest BCUT2D eigenvalue weighted by molar-refractivity contribution is 7.18. The van der Waals surface area contributed by atoms with Gasteiger partial charge in [-0.2, -0.15) is 0 Å². The van der Waals surface area contributed by atoms with Crippen LogP contribution in [0.3, 0.4) is 0 Å². The first kappa shape index (κ1) is 26.4. The molecular weight excluding hydrogens is 554 g/mol. The van der Waals surface area contributed by atoms with E-state index in [-0.39, 0.29) is 29.5 Å². The van der Waals surface area contributed by atoms with Gasteiger partial charge in [0, 0.05) is 39.3 Å². The molecule has 2 fully saturated rings. The maximum atomic E-state index is 13.8. The minimum absolute atomic E-state index is 0.0644. The van der Waals surface area contributed by atoms with E-state index in [0.29, 0.717) is 67.5 Å². The third-order valence-electron chi connectivity index (χ3n) is 8.35. The van der Waals surface area contributed by atoms with Crippen molar-refractivity contribution in [2.75, 3.05) is 49.1 Å². The Morgan fingerprint density at radius 1 is 0.952 bits per heavy atom. The zero-order chi connectivity index (χ0) is 29.0. The van der Waals surface area contributed by atoms with Gasteiger partial charge in [-0.3, -0.25) is 19.2 Å². The molecule has 0 aliphatic carbocycles. The van der Waals surface area contributed by atoms with Gasteiger partial charge in [0.25, 0.3) is 17.7 Å². The number of carbonyl (C=O) groups excluding carboxylic acids is 4. The molecule has 214 valence electrons. The number of aryl methyl sites for hydroxylation is 1. The largest absolute Gasteiger partial charge is 0.459 e. The Hall–Kier alpha value is -4.51. The number of piperidine rings is 1. The standard InChI is InChI=1S/C31H29N5O5S/c1-19-32-23-10-9-21(17-26(23)42-19)36-29(38)22-6-2-7-24(27(22)31(36)40)35-11-3-5-20(18-35)28(37)33-12-14-34(15-13-33)30(39)25-8-4-16-41-25/h2,4,6-10,16-17,20H,3,5,11-15,18H2,1H3/t20-/m1/s1. The molecule has 1 atom stereocenters. The van der Waals surface area contributed by atoms with Gasteiger partial charge in [0.05, 0.1) is 49.9 Å². The van der Waals surface area contributed by atoms with Gasteiger partial charge in [-0.1, -0.05) is 6.07 Å². The van der Waals surface area contributed by atoms with E-state index >= 15 is 0 Å². The maximum Gasteiger partial charge on any atom is 0.289 e. The first-order valence-corrected chi connectivity index (χ1v) is 15.0. The lowest BCUT2D eigenvalue weighted by Crippen LogP contribution is -2.53. The molecule has 0 unspecified atom stereocenters. The Labute approximate surface area is 246 Å². The summed E-state index contributed by atoms with van der Waals surface area (Å²) in [7, 11) is 0. The van der Waals surface area contributed by atoms with Gasteiger partial charge in [0.2, 0.25) is 5.91 Å². The van der Waals surface area contributed by atoms with E-state index in [1.807, 2.05) is 30.0 Å². The lowest BCUT2D eigenvalue weighted by molar-refractivity contribution is -0.137. The Morgan fingerprint density at radius 2 is 1.76 bits per heavy atom. The first-order chi connectivity index (χ1) is 20.4. The number of thiazole rings is 1. The predicted octanol–water partition coefficient (Wildman–Crippen LogP) is 4.20. The van der Waals surface area contributed by atoms with Crippen LogP contribution in [0.1, 0.15) is 49.1 Å². The van der Waals surface area contributed by atoms with Crippen molar-refractivity contribution in [2.45, 2.75) is 19.8 Å². The van der Waals surface area contributed by atoms with E-state index in [1.165, 1.54) is 22.5 Å². The Balaban J connectivity index is 1.07. The predicted molar refractivity (Wildman–Crippen MR) is 158 cm³/mol. The number of carbonyl (C=O) groups is 4. The molecule has 4 aromatic rings. The van der Waals surface area contributed by atoms with Crippen LogP contribution in [0.15, 0.2) is 59.2 Å². The van der Waals surface area contributed by atoms with Crippen molar-refractivity contribution in [3.8, 4) is 0 Å². The van der Waals surface area contributed by atoms with E-state index in [4.69, 9.17) is 4.42 Å². The molecule has 0 spiro atoms. The van der Waals surface area contributed by atoms with Crippen LogP contribution in [0, 0.1) is 12.8 Å². The van der Waals surface area contributed by atoms with Gasteiger partial charge in [0.1, 0.15) is 0 Å². The Kier molecular flexibility index (Phi) is 6.53. The van der Waals surface area contributed by atoms with Gasteiger partial charge in [-0.15, -0.1) is 11.3 Å². The third kappa shape index (κ3) is 4.44. The fourth-order valence-electron chi connectivity index (χ4n) is 6.27. The van der Waals surface area contributed by atoms with E-state index in [1.54, 1.807) is 35.2 Å². The molecule has 4 amide bonds. The van der Waals surface area contributed by atoms with Crippen molar-refractivity contribution >= 4 is 56.6 Å². The molecule has 0 saturated carbocycles. The van der Waals surface area contributed by atoms with Crippen molar-refractivity contribution in [2.24, 2.45) is 5.92 Å². The highest BCUT2D eigenvalue weighted by Gasteiger charge is 2.41. The fourth-order valence-corrected chi connectivity index (χ4v) is 7.14. The number of imide groups is 1. The van der Waals surface area contributed by atoms with Crippen LogP contribution in [0.4, 0.5) is 11.4 Å². The summed E-state index contributed by atoms with van der Waals surface area (Å²) in [5.41, 5.74) is 2.83. The van der Waals surface area contributed by atoms with Gasteiger partial charge < -0.3 is 19.1 Å². The molecule has 5 heterocycles. The van der Waals surface area contributed by atoms with E-state index in [0.717, 1.165) is 28.1 Å². The molecule has 0 N–H and O–H groups in total. The SMILES string of the molecule is Cc1nc2ccc(N3C(=O)c4cccc(N5CCC[C@@H](C(=O)N6CCN(C(=O)c7ccco7)CC6)C5)c4C3=O)cc2s1. The third-order valence-corrected chi connectivity index (χ3v) is 9.29. The van der Waals surface area contributed by atoms with Crippen molar-refractivity contribution in [3.63, 3.8) is 0 Å². The number of benzene rings is 2. The monoisotopic (exact) mass is 583 g/mol. The molecule has 2 aromatic heterocycles. The normalized spacial score (nSPS) is 19.1. The Bertz CT molecular complexity index is 1720. The van der Waals surface area contributed by atoms with E-state index in [9.17, 15) is 19.2 Å². The highest BCUT2D eigenvalue weighted by atomic mass is 32.1. The van der Waals surface area contributed by atoms with Crippen molar-refractivity contribution in [3.05, 3.63) is 76.7 Å². The summed E-state index contributed by atoms with van der Waals surface area (Å²) in [6.45, 7) is 4.93. The lowest BCUT2D eigenvalue weighted by Gasteiger charge is -2.39. The topological polar surface area (TPSA) is 107 Å². The molecule has 7 rings (SSSR count). The number of piperazine rings is 1. The van der Waals surface area contributed by atoms with E-state index < -0.39 is 0 Å². The van der Waals surface area contributed by atoms with Crippen LogP contribution in [-0.2, 0) is 4.79 Å². The molecule has 3 aliphatic heterocycles. The average molecular weight is 584 g/mol. The Morgan fingerprint density at radius 3 is 2.55 bits per heavy atom. The van der Waals surface area contributed by atoms with Crippen LogP contribution in [0.5, 0.6) is 0 Å². The van der Waals surface area contributed by atoms with Gasteiger partial charge in [-0.25, -0.2) is 9.88 Å². The van der Waals surface area contributed by atoms with Crippen LogP contribution >= 0.6 is 11.3 Å². The molecule has 42 heavy (non-hydrogen) atoms. The number of hydrogen-bond acceptors (Lipinski definition) is 8. The fraction of sp³-hybridized carbons (Fsp3) is 0.323. The highest BCUT2D eigenvalue weighted by Crippen LogP contribution is 2.37. The molecule has 2 saturated heterocycles. The number of anilines is 2. The quantitative estimate of drug-likeness (QED) is 0.332. The molecular formula is C31H29N5O5S. The summed E-state index contributed by atoms with van der Waals surface area (Å²) < 4.78 is 6.16. The number of rotatable bonds is 4. The summed E-state index contributed by atoms with van der Waals surface area (Å²) in [5, 5.41) is 0.922. The molecule has 3 aliphatic rings. The van der Waals surface area contributed by atoms with Crippen molar-refractivity contribution in [1.29, 1.82) is 0 Å². The zero-order valence-corrected chi connectivity index (χ0v) is 23.9. The minimum atomic E-state index is -0.350. The smallest absolute Gasteiger partial charge is 0.289 e. The van der Waals surface area contributed by atoms with Crippen LogP contribution < -0.4 is 9.80 Å². The lowest BCUT2D eigenvalue weighted by atomic mass is 9.94. The summed E-state index contributed by atoms with van der Waals surface area (Å²) in [5.74, 6) is -0.721. The summed E-state index contributed by atoms with van der Waals surface area (Å²) in [4.78, 5) is 64.8. The first-order valence-electron chi connectivity index (χ1n) is 14.1. The average Bonchev–Trinajstić information content (AvgIpc) is 3.74. The number of nitrogens with zero attached hydrogens (tertiary/aromatic N) is 5. The zero-order valence-electron chi connectivity index (χ0n) is 23.1. The van der Waals surface area contributed by atoms with Gasteiger partial charge in [-0.05, 0) is 62.2 Å². The number of hydrogen-bond donors (Lipinski definition) is 0. The summed E-state index contributed by atoms with van der Waals surface area (Å²) in [6, 6.07) is 14.2. The second kappa shape index (κ2) is 10.4. The number of fused-ring (bicyclic) bond motifs is 2. The second-order valence-corrected chi connectivity index (χ2v) is 12.1. The number of furan rings is 1.